The molecule has 208 valence electrons. The fraction of sp³-hybridized carbons (Fsp3) is 0.286. The van der Waals surface area contributed by atoms with Gasteiger partial charge in [-0.15, -0.1) is 0 Å². The third-order valence-corrected chi connectivity index (χ3v) is 8.03. The second-order valence-corrected chi connectivity index (χ2v) is 11.6. The molecule has 0 radical (unpaired) electrons. The largest absolute Gasteiger partial charge is 0.354 e. The molecule has 0 bridgehead atoms. The zero-order valence-corrected chi connectivity index (χ0v) is 23.3. The number of benzene rings is 3. The Morgan fingerprint density at radius 2 is 1.56 bits per heavy atom. The van der Waals surface area contributed by atoms with E-state index in [4.69, 9.17) is 11.6 Å². The Hall–Kier alpha value is -3.50. The second kappa shape index (κ2) is 13.0. The van der Waals surface area contributed by atoms with Crippen LogP contribution < -0.4 is 9.62 Å². The summed E-state index contributed by atoms with van der Waals surface area (Å²) in [5.74, 6) is -2.45. The Kier molecular flexibility index (Phi) is 10.0. The van der Waals surface area contributed by atoms with E-state index in [1.54, 1.807) is 12.1 Å². The molecule has 0 saturated carbocycles. The number of anilines is 1. The lowest BCUT2D eigenvalue weighted by molar-refractivity contribution is -0.139. The molecular formula is C28H30ClF2N3O4S. The number of nitrogens with zero attached hydrogens (tertiary/aromatic N) is 2. The minimum Gasteiger partial charge on any atom is -0.354 e. The highest BCUT2D eigenvalue weighted by molar-refractivity contribution is 7.92. The van der Waals surface area contributed by atoms with Gasteiger partial charge in [0.1, 0.15) is 24.2 Å². The van der Waals surface area contributed by atoms with Crippen molar-refractivity contribution in [3.63, 3.8) is 0 Å². The molecule has 2 amide bonds. The Bertz CT molecular complexity index is 1420. The van der Waals surface area contributed by atoms with E-state index in [9.17, 15) is 26.8 Å². The van der Waals surface area contributed by atoms with Crippen LogP contribution in [0.5, 0.6) is 0 Å². The van der Waals surface area contributed by atoms with Gasteiger partial charge < -0.3 is 10.2 Å². The number of halogens is 3. The minimum atomic E-state index is -4.33. The number of carbonyl (C=O) groups excluding carboxylic acids is 2. The summed E-state index contributed by atoms with van der Waals surface area (Å²) >= 11 is 5.94. The van der Waals surface area contributed by atoms with Crippen molar-refractivity contribution in [3.8, 4) is 0 Å². The Morgan fingerprint density at radius 3 is 2.18 bits per heavy atom. The third-order valence-electron chi connectivity index (χ3n) is 5.95. The Balaban J connectivity index is 2.03. The Morgan fingerprint density at radius 1 is 0.923 bits per heavy atom. The molecule has 0 fully saturated rings. The molecule has 0 heterocycles. The van der Waals surface area contributed by atoms with Gasteiger partial charge in [-0.05, 0) is 49.2 Å². The number of amides is 2. The predicted molar refractivity (Wildman–Crippen MR) is 147 cm³/mol. The molecule has 3 aromatic carbocycles. The second-order valence-electron chi connectivity index (χ2n) is 9.35. The van der Waals surface area contributed by atoms with E-state index in [2.05, 4.69) is 5.32 Å². The SMILES string of the molecule is CC(C)CNC(=O)[C@@H](C)N(Cc1ccccc1F)C(=O)CN(c1ccc(F)c(Cl)c1)S(=O)(=O)c1ccccc1. The first-order chi connectivity index (χ1) is 18.4. The van der Waals surface area contributed by atoms with Crippen LogP contribution in [-0.2, 0) is 26.2 Å². The van der Waals surface area contributed by atoms with Gasteiger partial charge in [0.25, 0.3) is 10.0 Å². The lowest BCUT2D eigenvalue weighted by Crippen LogP contribution is -2.51. The summed E-state index contributed by atoms with van der Waals surface area (Å²) in [5.41, 5.74) is 0.0954. The summed E-state index contributed by atoms with van der Waals surface area (Å²) in [6.45, 7) is 4.62. The van der Waals surface area contributed by atoms with Crippen molar-refractivity contribution < 1.29 is 26.8 Å². The number of sulfonamides is 1. The van der Waals surface area contributed by atoms with Gasteiger partial charge in [0.05, 0.1) is 15.6 Å². The monoisotopic (exact) mass is 577 g/mol. The van der Waals surface area contributed by atoms with E-state index in [0.29, 0.717) is 6.54 Å². The van der Waals surface area contributed by atoms with Crippen LogP contribution in [0, 0.1) is 17.6 Å². The highest BCUT2D eigenvalue weighted by atomic mass is 35.5. The first-order valence-electron chi connectivity index (χ1n) is 12.2. The average Bonchev–Trinajstić information content (AvgIpc) is 2.91. The van der Waals surface area contributed by atoms with Gasteiger partial charge in [0, 0.05) is 18.7 Å². The lowest BCUT2D eigenvalue weighted by Gasteiger charge is -2.32. The Labute approximate surface area is 232 Å². The van der Waals surface area contributed by atoms with Crippen molar-refractivity contribution in [3.05, 3.63) is 95.0 Å². The van der Waals surface area contributed by atoms with Crippen molar-refractivity contribution in [1.82, 2.24) is 10.2 Å². The fourth-order valence-corrected chi connectivity index (χ4v) is 5.34. The predicted octanol–water partition coefficient (Wildman–Crippen LogP) is 5.00. The maximum absolute atomic E-state index is 14.6. The van der Waals surface area contributed by atoms with Crippen molar-refractivity contribution >= 4 is 39.1 Å². The summed E-state index contributed by atoms with van der Waals surface area (Å²) < 4.78 is 56.6. The molecular weight excluding hydrogens is 548 g/mol. The molecule has 0 saturated heterocycles. The van der Waals surface area contributed by atoms with E-state index < -0.39 is 46.1 Å². The highest BCUT2D eigenvalue weighted by Gasteiger charge is 2.33. The quantitative estimate of drug-likeness (QED) is 0.347. The number of rotatable bonds is 11. The summed E-state index contributed by atoms with van der Waals surface area (Å²) in [6, 6.07) is 15.4. The van der Waals surface area contributed by atoms with E-state index >= 15 is 0 Å². The molecule has 0 aliphatic rings. The van der Waals surface area contributed by atoms with Gasteiger partial charge >= 0.3 is 0 Å². The normalized spacial score (nSPS) is 12.2. The lowest BCUT2D eigenvalue weighted by atomic mass is 10.1. The molecule has 3 aromatic rings. The van der Waals surface area contributed by atoms with Crippen LogP contribution in [0.3, 0.4) is 0 Å². The molecule has 1 N–H and O–H groups in total. The van der Waals surface area contributed by atoms with E-state index in [-0.39, 0.29) is 33.6 Å². The van der Waals surface area contributed by atoms with Gasteiger partial charge in [-0.2, -0.15) is 0 Å². The summed E-state index contributed by atoms with van der Waals surface area (Å²) in [5, 5.41) is 2.42. The topological polar surface area (TPSA) is 86.8 Å². The molecule has 7 nitrogen and oxygen atoms in total. The van der Waals surface area contributed by atoms with E-state index in [1.807, 2.05) is 13.8 Å². The van der Waals surface area contributed by atoms with Crippen LogP contribution in [0.1, 0.15) is 26.3 Å². The van der Waals surface area contributed by atoms with Gasteiger partial charge in [-0.3, -0.25) is 13.9 Å². The fourth-order valence-electron chi connectivity index (χ4n) is 3.73. The molecule has 39 heavy (non-hydrogen) atoms. The molecule has 1 atom stereocenters. The molecule has 11 heteroatoms. The highest BCUT2D eigenvalue weighted by Crippen LogP contribution is 2.28. The van der Waals surface area contributed by atoms with Crippen LogP contribution in [-0.4, -0.2) is 44.3 Å². The van der Waals surface area contributed by atoms with Crippen LogP contribution in [0.15, 0.2) is 77.7 Å². The van der Waals surface area contributed by atoms with Crippen LogP contribution in [0.2, 0.25) is 5.02 Å². The first-order valence-corrected chi connectivity index (χ1v) is 14.1. The molecule has 0 spiro atoms. The summed E-state index contributed by atoms with van der Waals surface area (Å²) in [6.07, 6.45) is 0. The maximum Gasteiger partial charge on any atom is 0.264 e. The zero-order valence-electron chi connectivity index (χ0n) is 21.8. The molecule has 0 aromatic heterocycles. The molecule has 0 aliphatic heterocycles. The first kappa shape index (κ1) is 30.0. The van der Waals surface area contributed by atoms with Gasteiger partial charge in [0.15, 0.2) is 0 Å². The molecule has 3 rings (SSSR count). The number of hydrogen-bond acceptors (Lipinski definition) is 4. The van der Waals surface area contributed by atoms with Gasteiger partial charge in [-0.25, -0.2) is 17.2 Å². The number of hydrogen-bond donors (Lipinski definition) is 1. The van der Waals surface area contributed by atoms with Gasteiger partial charge in [-0.1, -0.05) is 61.8 Å². The van der Waals surface area contributed by atoms with E-state index in [0.717, 1.165) is 21.3 Å². The van der Waals surface area contributed by atoms with Crippen molar-refractivity contribution in [2.24, 2.45) is 5.92 Å². The smallest absolute Gasteiger partial charge is 0.264 e. The maximum atomic E-state index is 14.6. The van der Waals surface area contributed by atoms with Gasteiger partial charge in [0.2, 0.25) is 11.8 Å². The zero-order chi connectivity index (χ0) is 28.7. The summed E-state index contributed by atoms with van der Waals surface area (Å²) in [4.78, 5) is 27.7. The molecule has 0 unspecified atom stereocenters. The van der Waals surface area contributed by atoms with E-state index in [1.165, 1.54) is 55.5 Å². The standard InChI is InChI=1S/C28H30ClF2N3O4S/c1-19(2)16-32-28(36)20(3)33(17-21-9-7-8-12-25(21)30)27(35)18-34(22-13-14-26(31)24(29)15-22)39(37,38)23-10-5-4-6-11-23/h4-15,19-20H,16-18H2,1-3H3,(H,32,36)/t20-/m1/s1. The van der Waals surface area contributed by atoms with Crippen LogP contribution in [0.25, 0.3) is 0 Å². The van der Waals surface area contributed by atoms with Crippen molar-refractivity contribution in [1.29, 1.82) is 0 Å². The van der Waals surface area contributed by atoms with Crippen LogP contribution in [0.4, 0.5) is 14.5 Å². The average molecular weight is 578 g/mol. The number of nitrogens with one attached hydrogen (secondary N) is 1. The third kappa shape index (κ3) is 7.54. The number of carbonyl (C=O) groups is 2. The van der Waals surface area contributed by atoms with Crippen molar-refractivity contribution in [2.75, 3.05) is 17.4 Å². The van der Waals surface area contributed by atoms with Crippen molar-refractivity contribution in [2.45, 2.75) is 38.3 Å². The van der Waals surface area contributed by atoms with Crippen LogP contribution >= 0.6 is 11.6 Å². The molecule has 0 aliphatic carbocycles. The minimum absolute atomic E-state index is 0.0543. The summed E-state index contributed by atoms with van der Waals surface area (Å²) in [7, 11) is -4.33.